The summed E-state index contributed by atoms with van der Waals surface area (Å²) in [4.78, 5) is 0. The maximum Gasteiger partial charge on any atom is 0.163 e. The Morgan fingerprint density at radius 2 is 2.42 bits per heavy atom. The number of anilines is 1. The topological polar surface area (TPSA) is 78.5 Å². The Balaban J connectivity index is 2.24. The van der Waals surface area contributed by atoms with Gasteiger partial charge >= 0.3 is 0 Å². The van der Waals surface area contributed by atoms with E-state index in [9.17, 15) is 0 Å². The van der Waals surface area contributed by atoms with Crippen molar-refractivity contribution in [3.05, 3.63) is 11.3 Å². The maximum absolute atomic E-state index is 8.73. The number of nitrogen functional groups attached to an aromatic ring is 1. The minimum absolute atomic E-state index is 0.327. The minimum atomic E-state index is 0.327. The van der Waals surface area contributed by atoms with Crippen molar-refractivity contribution < 1.29 is 0 Å². The summed E-state index contributed by atoms with van der Waals surface area (Å²) < 4.78 is 0. The third kappa shape index (κ3) is 1.14. The second-order valence-electron chi connectivity index (χ2n) is 3.22. The molecule has 0 radical (unpaired) electrons. The fourth-order valence-corrected chi connectivity index (χ4v) is 1.28. The summed E-state index contributed by atoms with van der Waals surface area (Å²) in [5.74, 6) is 1.07. The van der Waals surface area contributed by atoms with Crippen molar-refractivity contribution in [1.82, 2.24) is 10.2 Å². The Hall–Kier alpha value is -1.50. The first-order chi connectivity index (χ1) is 5.81. The quantitative estimate of drug-likeness (QED) is 0.675. The van der Waals surface area contributed by atoms with Crippen molar-refractivity contribution >= 4 is 5.82 Å². The zero-order valence-corrected chi connectivity index (χ0v) is 6.67. The molecule has 1 aliphatic carbocycles. The molecule has 1 saturated carbocycles. The molecule has 0 amide bonds. The fraction of sp³-hybridized carbons (Fsp3) is 0.500. The summed E-state index contributed by atoms with van der Waals surface area (Å²) in [6.45, 7) is 0. The summed E-state index contributed by atoms with van der Waals surface area (Å²) in [5.41, 5.74) is 6.91. The van der Waals surface area contributed by atoms with Crippen molar-refractivity contribution in [2.24, 2.45) is 5.92 Å². The number of nitrogens with one attached hydrogen (secondary N) is 1. The molecule has 0 spiro atoms. The Kier molecular flexibility index (Phi) is 1.51. The van der Waals surface area contributed by atoms with E-state index >= 15 is 0 Å². The van der Waals surface area contributed by atoms with Crippen LogP contribution in [0.5, 0.6) is 0 Å². The van der Waals surface area contributed by atoms with Gasteiger partial charge in [0.05, 0.1) is 5.69 Å². The largest absolute Gasteiger partial charge is 0.381 e. The van der Waals surface area contributed by atoms with E-state index < -0.39 is 0 Å². The maximum atomic E-state index is 8.73. The van der Waals surface area contributed by atoms with Gasteiger partial charge in [-0.05, 0) is 25.2 Å². The van der Waals surface area contributed by atoms with Crippen molar-refractivity contribution in [1.29, 1.82) is 5.26 Å². The molecule has 1 fully saturated rings. The molecule has 0 aliphatic heterocycles. The zero-order valence-electron chi connectivity index (χ0n) is 6.67. The predicted octanol–water partition coefficient (Wildman–Crippen LogP) is 0.816. The van der Waals surface area contributed by atoms with Crippen LogP contribution in [0.25, 0.3) is 0 Å². The van der Waals surface area contributed by atoms with Gasteiger partial charge in [-0.3, -0.25) is 5.10 Å². The number of aromatic nitrogens is 2. The van der Waals surface area contributed by atoms with E-state index in [0.717, 1.165) is 18.0 Å². The lowest BCUT2D eigenvalue weighted by Gasteiger charge is -1.92. The normalized spacial score (nSPS) is 15.9. The highest BCUT2D eigenvalue weighted by molar-refractivity contribution is 5.50. The molecule has 4 heteroatoms. The molecule has 3 N–H and O–H groups in total. The molecule has 0 saturated heterocycles. The number of nitrogens with zero attached hydrogens (tertiary/aromatic N) is 2. The Morgan fingerprint density at radius 3 is 3.00 bits per heavy atom. The van der Waals surface area contributed by atoms with E-state index in [0.29, 0.717) is 11.4 Å². The fourth-order valence-electron chi connectivity index (χ4n) is 1.28. The third-order valence-corrected chi connectivity index (χ3v) is 2.17. The Morgan fingerprint density at radius 1 is 1.67 bits per heavy atom. The predicted molar refractivity (Wildman–Crippen MR) is 44.1 cm³/mol. The number of hydrogen-bond acceptors (Lipinski definition) is 3. The number of hydrogen-bond donors (Lipinski definition) is 2. The first-order valence-corrected chi connectivity index (χ1v) is 4.04. The van der Waals surface area contributed by atoms with E-state index in [1.54, 1.807) is 0 Å². The molecular formula is C8H10N4. The number of rotatable bonds is 2. The molecule has 1 aliphatic rings. The third-order valence-electron chi connectivity index (χ3n) is 2.17. The van der Waals surface area contributed by atoms with Crippen LogP contribution >= 0.6 is 0 Å². The highest BCUT2D eigenvalue weighted by Crippen LogP contribution is 2.33. The van der Waals surface area contributed by atoms with Crippen LogP contribution in [-0.2, 0) is 6.42 Å². The molecule has 1 aromatic rings. The lowest BCUT2D eigenvalue weighted by Crippen LogP contribution is -1.92. The second kappa shape index (κ2) is 2.52. The standard InChI is InChI=1S/C8H10N4/c9-4-6-7(3-5-1-2-5)11-12-8(6)10/h5H,1-3H2,(H3,10,11,12). The molecule has 4 nitrogen and oxygen atoms in total. The van der Waals surface area contributed by atoms with Gasteiger partial charge in [0, 0.05) is 0 Å². The Labute approximate surface area is 70.4 Å². The molecule has 62 valence electrons. The Bertz CT molecular complexity index is 329. The summed E-state index contributed by atoms with van der Waals surface area (Å²) in [6.07, 6.45) is 3.46. The van der Waals surface area contributed by atoms with E-state index in [1.165, 1.54) is 12.8 Å². The van der Waals surface area contributed by atoms with Crippen LogP contribution in [0.3, 0.4) is 0 Å². The van der Waals surface area contributed by atoms with Crippen molar-refractivity contribution in [2.45, 2.75) is 19.3 Å². The smallest absolute Gasteiger partial charge is 0.163 e. The van der Waals surface area contributed by atoms with Gasteiger partial charge in [0.25, 0.3) is 0 Å². The highest BCUT2D eigenvalue weighted by atomic mass is 15.2. The van der Waals surface area contributed by atoms with Gasteiger partial charge in [-0.2, -0.15) is 10.4 Å². The summed E-state index contributed by atoms with van der Waals surface area (Å²) >= 11 is 0. The van der Waals surface area contributed by atoms with Crippen LogP contribution in [0, 0.1) is 17.2 Å². The van der Waals surface area contributed by atoms with Crippen LogP contribution < -0.4 is 5.73 Å². The van der Waals surface area contributed by atoms with Crippen molar-refractivity contribution in [2.75, 3.05) is 5.73 Å². The summed E-state index contributed by atoms with van der Waals surface area (Å²) in [7, 11) is 0. The number of H-pyrrole nitrogens is 1. The molecule has 0 bridgehead atoms. The average Bonchev–Trinajstić information content (AvgIpc) is 2.78. The highest BCUT2D eigenvalue weighted by Gasteiger charge is 2.24. The molecule has 0 unspecified atom stereocenters. The van der Waals surface area contributed by atoms with Gasteiger partial charge < -0.3 is 5.73 Å². The van der Waals surface area contributed by atoms with Crippen LogP contribution in [0.2, 0.25) is 0 Å². The van der Waals surface area contributed by atoms with Gasteiger partial charge in [-0.25, -0.2) is 0 Å². The second-order valence-corrected chi connectivity index (χ2v) is 3.22. The van der Waals surface area contributed by atoms with Crippen LogP contribution in [0.1, 0.15) is 24.1 Å². The summed E-state index contributed by atoms with van der Waals surface area (Å²) in [5, 5.41) is 15.3. The van der Waals surface area contributed by atoms with Gasteiger partial charge in [0.15, 0.2) is 5.82 Å². The van der Waals surface area contributed by atoms with E-state index in [4.69, 9.17) is 11.0 Å². The molecule has 0 aromatic carbocycles. The molecular weight excluding hydrogens is 152 g/mol. The molecule has 0 atom stereocenters. The lowest BCUT2D eigenvalue weighted by molar-refractivity contribution is 0.794. The molecule has 1 heterocycles. The van der Waals surface area contributed by atoms with Crippen LogP contribution in [0.4, 0.5) is 5.82 Å². The molecule has 2 rings (SSSR count). The number of aromatic amines is 1. The van der Waals surface area contributed by atoms with Crippen LogP contribution in [-0.4, -0.2) is 10.2 Å². The molecule has 1 aromatic heterocycles. The van der Waals surface area contributed by atoms with Gasteiger partial charge in [-0.15, -0.1) is 0 Å². The SMILES string of the molecule is N#Cc1c(N)n[nH]c1CC1CC1. The van der Waals surface area contributed by atoms with Gasteiger partial charge in [-0.1, -0.05) is 0 Å². The van der Waals surface area contributed by atoms with E-state index in [2.05, 4.69) is 16.3 Å². The van der Waals surface area contributed by atoms with Crippen molar-refractivity contribution in [3.8, 4) is 6.07 Å². The number of nitrogens with two attached hydrogens (primary N) is 1. The first kappa shape index (κ1) is 7.17. The lowest BCUT2D eigenvalue weighted by atomic mass is 10.1. The average molecular weight is 162 g/mol. The first-order valence-electron chi connectivity index (χ1n) is 4.04. The zero-order chi connectivity index (χ0) is 8.55. The van der Waals surface area contributed by atoms with E-state index in [-0.39, 0.29) is 0 Å². The van der Waals surface area contributed by atoms with Crippen LogP contribution in [0.15, 0.2) is 0 Å². The summed E-state index contributed by atoms with van der Waals surface area (Å²) in [6, 6.07) is 2.06. The monoisotopic (exact) mass is 162 g/mol. The molecule has 12 heavy (non-hydrogen) atoms. The minimum Gasteiger partial charge on any atom is -0.381 e. The van der Waals surface area contributed by atoms with Gasteiger partial charge in [0.1, 0.15) is 11.6 Å². The van der Waals surface area contributed by atoms with Crippen molar-refractivity contribution in [3.63, 3.8) is 0 Å². The van der Waals surface area contributed by atoms with E-state index in [1.807, 2.05) is 0 Å². The number of nitriles is 1. The van der Waals surface area contributed by atoms with Gasteiger partial charge in [0.2, 0.25) is 0 Å².